The summed E-state index contributed by atoms with van der Waals surface area (Å²) in [7, 11) is 0. The summed E-state index contributed by atoms with van der Waals surface area (Å²) < 4.78 is 0. The van der Waals surface area contributed by atoms with Crippen molar-refractivity contribution in [3.05, 3.63) is 0 Å². The number of carbonyl (C=O) groups excluding carboxylic acids is 3. The molecule has 0 aromatic heterocycles. The van der Waals surface area contributed by atoms with Gasteiger partial charge in [-0.05, 0) is 12.3 Å². The lowest BCUT2D eigenvalue weighted by Crippen LogP contribution is -2.45. The molecular weight excluding hydrogens is 262 g/mol. The molecule has 1 N–H and O–H groups in total. The van der Waals surface area contributed by atoms with Crippen LogP contribution in [0.5, 0.6) is 0 Å². The van der Waals surface area contributed by atoms with Crippen LogP contribution in [0.2, 0.25) is 0 Å². The van der Waals surface area contributed by atoms with E-state index in [1.54, 1.807) is 20.8 Å². The molecule has 20 heavy (non-hydrogen) atoms. The molecule has 1 aliphatic rings. The van der Waals surface area contributed by atoms with Gasteiger partial charge in [0.25, 0.3) is 5.91 Å². The highest BCUT2D eigenvalue weighted by molar-refractivity contribution is 6.37. The van der Waals surface area contributed by atoms with Crippen molar-refractivity contribution in [2.24, 2.45) is 11.8 Å². The fourth-order valence-corrected chi connectivity index (χ4v) is 2.38. The van der Waals surface area contributed by atoms with Gasteiger partial charge in [0.05, 0.1) is 0 Å². The van der Waals surface area contributed by atoms with Gasteiger partial charge in [-0.2, -0.15) is 0 Å². The van der Waals surface area contributed by atoms with E-state index in [1.165, 1.54) is 0 Å². The van der Waals surface area contributed by atoms with Crippen LogP contribution in [0.1, 0.15) is 40.0 Å². The summed E-state index contributed by atoms with van der Waals surface area (Å²) in [4.78, 5) is 47.5. The number of carbonyl (C=O) groups is 4. The van der Waals surface area contributed by atoms with Crippen LogP contribution < -0.4 is 0 Å². The lowest BCUT2D eigenvalue weighted by atomic mass is 9.98. The topological polar surface area (TPSA) is 91.8 Å². The molecule has 2 atom stereocenters. The fraction of sp³-hybridized carbons (Fsp3) is 0.714. The first-order chi connectivity index (χ1) is 9.27. The van der Waals surface area contributed by atoms with Crippen LogP contribution in [-0.4, -0.2) is 46.0 Å². The second-order valence-electron chi connectivity index (χ2n) is 5.53. The highest BCUT2D eigenvalue weighted by Gasteiger charge is 2.42. The molecule has 1 heterocycles. The minimum Gasteiger partial charge on any atom is -0.480 e. The molecule has 0 bridgehead atoms. The number of Topliss-reactive ketones (excluding diaryl/α,β-unsaturated/α-hetero) is 2. The van der Waals surface area contributed by atoms with Gasteiger partial charge in [-0.1, -0.05) is 20.8 Å². The Bertz CT molecular complexity index is 429. The average molecular weight is 283 g/mol. The molecule has 1 aliphatic heterocycles. The summed E-state index contributed by atoms with van der Waals surface area (Å²) >= 11 is 0. The van der Waals surface area contributed by atoms with Gasteiger partial charge in [-0.15, -0.1) is 0 Å². The number of hydrogen-bond acceptors (Lipinski definition) is 4. The van der Waals surface area contributed by atoms with Crippen molar-refractivity contribution < 1.29 is 24.3 Å². The first-order valence-electron chi connectivity index (χ1n) is 6.87. The Morgan fingerprint density at radius 3 is 2.30 bits per heavy atom. The third-order valence-electron chi connectivity index (χ3n) is 3.58. The van der Waals surface area contributed by atoms with Gasteiger partial charge >= 0.3 is 5.97 Å². The van der Waals surface area contributed by atoms with Crippen molar-refractivity contribution in [3.63, 3.8) is 0 Å². The molecule has 6 heteroatoms. The maximum absolute atomic E-state index is 12.0. The Labute approximate surface area is 118 Å². The number of ketones is 2. The molecule has 1 amide bonds. The van der Waals surface area contributed by atoms with Gasteiger partial charge in [0, 0.05) is 25.3 Å². The Kier molecular flexibility index (Phi) is 5.42. The molecule has 0 aromatic rings. The monoisotopic (exact) mass is 283 g/mol. The summed E-state index contributed by atoms with van der Waals surface area (Å²) in [5, 5.41) is 9.17. The number of carboxylic acid groups (broad SMARTS) is 1. The number of aliphatic carboxylic acids is 1. The predicted molar refractivity (Wildman–Crippen MR) is 71.0 cm³/mol. The van der Waals surface area contributed by atoms with E-state index in [1.807, 2.05) is 0 Å². The molecule has 6 nitrogen and oxygen atoms in total. The van der Waals surface area contributed by atoms with Crippen molar-refractivity contribution in [3.8, 4) is 0 Å². The zero-order valence-electron chi connectivity index (χ0n) is 12.1. The van der Waals surface area contributed by atoms with Crippen molar-refractivity contribution in [2.75, 3.05) is 6.54 Å². The summed E-state index contributed by atoms with van der Waals surface area (Å²) in [6.45, 7) is 5.12. The van der Waals surface area contributed by atoms with Crippen molar-refractivity contribution in [1.82, 2.24) is 4.90 Å². The largest absolute Gasteiger partial charge is 0.480 e. The smallest absolute Gasteiger partial charge is 0.326 e. The maximum atomic E-state index is 12.0. The van der Waals surface area contributed by atoms with E-state index in [4.69, 9.17) is 0 Å². The Morgan fingerprint density at radius 1 is 1.25 bits per heavy atom. The van der Waals surface area contributed by atoms with Gasteiger partial charge in [-0.25, -0.2) is 4.79 Å². The molecule has 0 radical (unpaired) electrons. The van der Waals surface area contributed by atoms with Crippen LogP contribution in [0.3, 0.4) is 0 Å². The summed E-state index contributed by atoms with van der Waals surface area (Å²) in [5.74, 6) is -3.05. The normalized spacial score (nSPS) is 22.1. The molecule has 1 rings (SSSR count). The predicted octanol–water partition coefficient (Wildman–Crippen LogP) is 0.882. The Morgan fingerprint density at radius 2 is 1.85 bits per heavy atom. The zero-order chi connectivity index (χ0) is 15.4. The van der Waals surface area contributed by atoms with Crippen molar-refractivity contribution >= 4 is 23.4 Å². The average Bonchev–Trinajstić information content (AvgIpc) is 2.80. The molecule has 0 aliphatic carbocycles. The van der Waals surface area contributed by atoms with E-state index in [0.717, 1.165) is 4.90 Å². The van der Waals surface area contributed by atoms with Gasteiger partial charge in [0.2, 0.25) is 5.78 Å². The lowest BCUT2D eigenvalue weighted by molar-refractivity contribution is -0.152. The minimum absolute atomic E-state index is 0.0450. The van der Waals surface area contributed by atoms with Gasteiger partial charge in [-0.3, -0.25) is 14.4 Å². The summed E-state index contributed by atoms with van der Waals surface area (Å²) in [6.07, 6.45) is 0.894. The molecule has 0 saturated carbocycles. The maximum Gasteiger partial charge on any atom is 0.326 e. The molecule has 2 unspecified atom stereocenters. The van der Waals surface area contributed by atoms with Crippen LogP contribution in [0.25, 0.3) is 0 Å². The van der Waals surface area contributed by atoms with E-state index < -0.39 is 29.6 Å². The lowest BCUT2D eigenvalue weighted by Gasteiger charge is -2.21. The van der Waals surface area contributed by atoms with E-state index in [0.29, 0.717) is 6.42 Å². The van der Waals surface area contributed by atoms with E-state index in [-0.39, 0.29) is 31.1 Å². The molecule has 1 saturated heterocycles. The second kappa shape index (κ2) is 6.63. The Balaban J connectivity index is 2.83. The first-order valence-corrected chi connectivity index (χ1v) is 6.87. The van der Waals surface area contributed by atoms with Crippen LogP contribution in [-0.2, 0) is 19.2 Å². The van der Waals surface area contributed by atoms with Gasteiger partial charge in [0.15, 0.2) is 0 Å². The van der Waals surface area contributed by atoms with Crippen LogP contribution in [0.15, 0.2) is 0 Å². The zero-order valence-corrected chi connectivity index (χ0v) is 12.1. The van der Waals surface area contributed by atoms with E-state index >= 15 is 0 Å². The first kappa shape index (κ1) is 16.3. The third-order valence-corrected chi connectivity index (χ3v) is 3.58. The molecular formula is C14H21NO5. The van der Waals surface area contributed by atoms with Crippen LogP contribution >= 0.6 is 0 Å². The van der Waals surface area contributed by atoms with Crippen LogP contribution in [0, 0.1) is 11.8 Å². The molecule has 112 valence electrons. The van der Waals surface area contributed by atoms with E-state index in [2.05, 4.69) is 0 Å². The number of amides is 1. The standard InChI is InChI=1S/C14H21NO5/c1-4-10(16)5-9-6-11(14(19)20)15(7-9)13(18)12(17)8(2)3/h8-9,11H,4-7H2,1-3H3,(H,19,20). The summed E-state index contributed by atoms with van der Waals surface area (Å²) in [6, 6.07) is -1.00. The number of hydrogen-bond donors (Lipinski definition) is 1. The Hall–Kier alpha value is -1.72. The number of nitrogens with zero attached hydrogens (tertiary/aromatic N) is 1. The third kappa shape index (κ3) is 3.65. The number of carboxylic acids is 1. The van der Waals surface area contributed by atoms with E-state index in [9.17, 15) is 24.3 Å². The number of rotatable bonds is 6. The second-order valence-corrected chi connectivity index (χ2v) is 5.53. The van der Waals surface area contributed by atoms with Crippen molar-refractivity contribution in [1.29, 1.82) is 0 Å². The number of likely N-dealkylation sites (tertiary alicyclic amines) is 1. The molecule has 1 fully saturated rings. The quantitative estimate of drug-likeness (QED) is 0.731. The summed E-state index contributed by atoms with van der Waals surface area (Å²) in [5.41, 5.74) is 0. The van der Waals surface area contributed by atoms with Gasteiger partial charge in [0.1, 0.15) is 11.8 Å². The van der Waals surface area contributed by atoms with Crippen LogP contribution in [0.4, 0.5) is 0 Å². The molecule has 0 aromatic carbocycles. The fourth-order valence-electron chi connectivity index (χ4n) is 2.38. The molecule has 0 spiro atoms. The highest BCUT2D eigenvalue weighted by atomic mass is 16.4. The SMILES string of the molecule is CCC(=O)CC1CC(C(=O)O)N(C(=O)C(=O)C(C)C)C1. The highest BCUT2D eigenvalue weighted by Crippen LogP contribution is 2.27. The minimum atomic E-state index is -1.12. The van der Waals surface area contributed by atoms with Gasteiger partial charge < -0.3 is 10.0 Å². The van der Waals surface area contributed by atoms with Crippen molar-refractivity contribution in [2.45, 2.75) is 46.1 Å².